The van der Waals surface area contributed by atoms with Crippen molar-refractivity contribution in [1.82, 2.24) is 10.2 Å². The Hall–Kier alpha value is -1.56. The molecule has 1 fully saturated rings. The Morgan fingerprint density at radius 3 is 2.88 bits per heavy atom. The van der Waals surface area contributed by atoms with Gasteiger partial charge in [-0.1, -0.05) is 6.08 Å². The third-order valence-electron chi connectivity index (χ3n) is 2.04. The fourth-order valence-corrected chi connectivity index (χ4v) is 1.54. The highest BCUT2D eigenvalue weighted by Crippen LogP contribution is 2.09. The SMILES string of the molecule is C=CCN1C(=O)C(C=NCC)C(=O)NC1=S. The molecular formula is C10H13N3O2S. The lowest BCUT2D eigenvalue weighted by molar-refractivity contribution is -0.137. The van der Waals surface area contributed by atoms with E-state index in [4.69, 9.17) is 12.2 Å². The molecule has 6 heteroatoms. The van der Waals surface area contributed by atoms with Crippen molar-refractivity contribution < 1.29 is 9.59 Å². The molecule has 0 bridgehead atoms. The molecule has 16 heavy (non-hydrogen) atoms. The van der Waals surface area contributed by atoms with Crippen LogP contribution >= 0.6 is 12.2 Å². The maximum Gasteiger partial charge on any atom is 0.247 e. The first-order chi connectivity index (χ1) is 7.61. The van der Waals surface area contributed by atoms with Gasteiger partial charge in [-0.15, -0.1) is 6.58 Å². The predicted octanol–water partition coefficient (Wildman–Crippen LogP) is 0.123. The maximum atomic E-state index is 11.9. The van der Waals surface area contributed by atoms with Gasteiger partial charge >= 0.3 is 0 Å². The lowest BCUT2D eigenvalue weighted by atomic mass is 10.1. The summed E-state index contributed by atoms with van der Waals surface area (Å²) < 4.78 is 0. The van der Waals surface area contributed by atoms with Gasteiger partial charge in [0, 0.05) is 19.3 Å². The molecule has 0 aromatic rings. The third-order valence-corrected chi connectivity index (χ3v) is 2.36. The summed E-state index contributed by atoms with van der Waals surface area (Å²) in [6.45, 7) is 6.17. The van der Waals surface area contributed by atoms with Crippen LogP contribution in [-0.2, 0) is 9.59 Å². The molecule has 1 aliphatic heterocycles. The second-order valence-corrected chi connectivity index (χ2v) is 3.54. The molecule has 0 aliphatic carbocycles. The lowest BCUT2D eigenvalue weighted by Gasteiger charge is -2.29. The minimum Gasteiger partial charge on any atom is -0.302 e. The summed E-state index contributed by atoms with van der Waals surface area (Å²) in [7, 11) is 0. The van der Waals surface area contributed by atoms with E-state index in [1.165, 1.54) is 11.1 Å². The second-order valence-electron chi connectivity index (χ2n) is 3.16. The van der Waals surface area contributed by atoms with Crippen molar-refractivity contribution in [3.05, 3.63) is 12.7 Å². The Kier molecular flexibility index (Phi) is 4.30. The number of nitrogens with zero attached hydrogens (tertiary/aromatic N) is 2. The van der Waals surface area contributed by atoms with Crippen molar-refractivity contribution >= 4 is 35.4 Å². The van der Waals surface area contributed by atoms with Crippen molar-refractivity contribution in [3.8, 4) is 0 Å². The number of aliphatic imine (C=N–C) groups is 1. The normalized spacial score (nSPS) is 21.4. The zero-order valence-corrected chi connectivity index (χ0v) is 9.79. The van der Waals surface area contributed by atoms with Gasteiger partial charge in [0.1, 0.15) is 0 Å². The molecule has 1 unspecified atom stereocenters. The van der Waals surface area contributed by atoms with Crippen LogP contribution in [0.3, 0.4) is 0 Å². The quantitative estimate of drug-likeness (QED) is 0.328. The van der Waals surface area contributed by atoms with Gasteiger partial charge in [0.25, 0.3) is 0 Å². The minimum absolute atomic E-state index is 0.121. The van der Waals surface area contributed by atoms with Crippen LogP contribution in [0, 0.1) is 5.92 Å². The smallest absolute Gasteiger partial charge is 0.247 e. The molecule has 1 rings (SSSR count). The number of carbonyl (C=O) groups is 2. The Morgan fingerprint density at radius 1 is 1.62 bits per heavy atom. The first kappa shape index (κ1) is 12.5. The first-order valence-corrected chi connectivity index (χ1v) is 5.29. The average molecular weight is 239 g/mol. The summed E-state index contributed by atoms with van der Waals surface area (Å²) in [5, 5.41) is 2.58. The number of hydrogen-bond acceptors (Lipinski definition) is 4. The largest absolute Gasteiger partial charge is 0.302 e. The Bertz CT molecular complexity index is 365. The molecule has 0 aromatic carbocycles. The molecule has 1 N–H and O–H groups in total. The zero-order valence-electron chi connectivity index (χ0n) is 8.97. The molecule has 0 saturated carbocycles. The summed E-state index contributed by atoms with van der Waals surface area (Å²) in [6.07, 6.45) is 2.91. The number of hydrogen-bond donors (Lipinski definition) is 1. The molecule has 86 valence electrons. The molecule has 0 spiro atoms. The van der Waals surface area contributed by atoms with E-state index in [1.54, 1.807) is 6.08 Å². The number of rotatable bonds is 4. The molecule has 1 atom stereocenters. The van der Waals surface area contributed by atoms with E-state index in [0.29, 0.717) is 6.54 Å². The summed E-state index contributed by atoms with van der Waals surface area (Å²) in [5.74, 6) is -1.66. The van der Waals surface area contributed by atoms with Gasteiger partial charge in [0.2, 0.25) is 11.8 Å². The molecule has 0 aromatic heterocycles. The highest BCUT2D eigenvalue weighted by atomic mass is 32.1. The number of carbonyl (C=O) groups excluding carboxylic acids is 2. The molecule has 0 radical (unpaired) electrons. The zero-order chi connectivity index (χ0) is 12.1. The summed E-state index contributed by atoms with van der Waals surface area (Å²) >= 11 is 4.89. The maximum absolute atomic E-state index is 11.9. The molecule has 2 amide bonds. The van der Waals surface area contributed by atoms with Crippen LogP contribution in [0.25, 0.3) is 0 Å². The van der Waals surface area contributed by atoms with Gasteiger partial charge in [-0.05, 0) is 19.1 Å². The third kappa shape index (κ3) is 2.52. The summed E-state index contributed by atoms with van der Waals surface area (Å²) in [4.78, 5) is 28.6. The monoisotopic (exact) mass is 239 g/mol. The number of nitrogens with one attached hydrogen (secondary N) is 1. The van der Waals surface area contributed by atoms with Gasteiger partial charge in [0.15, 0.2) is 11.0 Å². The Balaban J connectivity index is 2.89. The van der Waals surface area contributed by atoms with E-state index in [2.05, 4.69) is 16.9 Å². The Labute approximate surface area is 99.2 Å². The van der Waals surface area contributed by atoms with Crippen molar-refractivity contribution in [2.75, 3.05) is 13.1 Å². The van der Waals surface area contributed by atoms with Crippen LogP contribution in [0.4, 0.5) is 0 Å². The fraction of sp³-hybridized carbons (Fsp3) is 0.400. The van der Waals surface area contributed by atoms with Crippen LogP contribution in [0.1, 0.15) is 6.92 Å². The van der Waals surface area contributed by atoms with E-state index in [0.717, 1.165) is 0 Å². The van der Waals surface area contributed by atoms with Crippen LogP contribution in [0.5, 0.6) is 0 Å². The highest BCUT2D eigenvalue weighted by molar-refractivity contribution is 7.80. The fourth-order valence-electron chi connectivity index (χ4n) is 1.28. The van der Waals surface area contributed by atoms with Crippen LogP contribution in [0.15, 0.2) is 17.6 Å². The second kappa shape index (κ2) is 5.50. The summed E-state index contributed by atoms with van der Waals surface area (Å²) in [6, 6.07) is 0. The standard InChI is InChI=1S/C10H13N3O2S/c1-3-5-13-9(15)7(6-11-4-2)8(14)12-10(13)16/h3,6-7H,1,4-5H2,2H3,(H,12,14,16). The van der Waals surface area contributed by atoms with Crippen LogP contribution < -0.4 is 5.32 Å². The summed E-state index contributed by atoms with van der Waals surface area (Å²) in [5.41, 5.74) is 0. The van der Waals surface area contributed by atoms with E-state index in [9.17, 15) is 9.59 Å². The van der Waals surface area contributed by atoms with Crippen molar-refractivity contribution in [2.45, 2.75) is 6.92 Å². The first-order valence-electron chi connectivity index (χ1n) is 4.88. The van der Waals surface area contributed by atoms with Gasteiger partial charge in [-0.25, -0.2) is 0 Å². The van der Waals surface area contributed by atoms with Crippen LogP contribution in [0.2, 0.25) is 0 Å². The number of thiocarbonyl (C=S) groups is 1. The topological polar surface area (TPSA) is 61.8 Å². The van der Waals surface area contributed by atoms with E-state index >= 15 is 0 Å². The average Bonchev–Trinajstić information content (AvgIpc) is 2.24. The van der Waals surface area contributed by atoms with E-state index in [-0.39, 0.29) is 17.6 Å². The predicted molar refractivity (Wildman–Crippen MR) is 65.2 cm³/mol. The molecule has 1 saturated heterocycles. The van der Waals surface area contributed by atoms with E-state index in [1.807, 2.05) is 6.92 Å². The lowest BCUT2D eigenvalue weighted by Crippen LogP contribution is -2.58. The molecule has 1 aliphatic rings. The van der Waals surface area contributed by atoms with Crippen molar-refractivity contribution in [2.24, 2.45) is 10.9 Å². The van der Waals surface area contributed by atoms with Crippen LogP contribution in [-0.4, -0.2) is 41.1 Å². The Morgan fingerprint density at radius 2 is 2.31 bits per heavy atom. The van der Waals surface area contributed by atoms with Gasteiger partial charge < -0.3 is 5.32 Å². The van der Waals surface area contributed by atoms with Crippen molar-refractivity contribution in [1.29, 1.82) is 0 Å². The highest BCUT2D eigenvalue weighted by Gasteiger charge is 2.36. The molecule has 1 heterocycles. The van der Waals surface area contributed by atoms with Gasteiger partial charge in [0.05, 0.1) is 0 Å². The molecule has 5 nitrogen and oxygen atoms in total. The van der Waals surface area contributed by atoms with Gasteiger partial charge in [-0.3, -0.25) is 19.5 Å². The minimum atomic E-state index is -0.883. The van der Waals surface area contributed by atoms with E-state index < -0.39 is 11.8 Å². The number of amides is 2. The van der Waals surface area contributed by atoms with Gasteiger partial charge in [-0.2, -0.15) is 0 Å². The van der Waals surface area contributed by atoms with Crippen molar-refractivity contribution in [3.63, 3.8) is 0 Å². The molecular weight excluding hydrogens is 226 g/mol.